The van der Waals surface area contributed by atoms with E-state index < -0.39 is 46.1 Å². The number of aromatic nitrogens is 1. The van der Waals surface area contributed by atoms with Crippen molar-refractivity contribution in [1.82, 2.24) is 4.98 Å². The van der Waals surface area contributed by atoms with Crippen molar-refractivity contribution in [1.29, 1.82) is 0 Å². The van der Waals surface area contributed by atoms with Gasteiger partial charge in [-0.1, -0.05) is 60.7 Å². The molecule has 0 aliphatic carbocycles. The number of halogens is 5. The first-order chi connectivity index (χ1) is 16.3. The third-order valence-electron chi connectivity index (χ3n) is 4.94. The van der Waals surface area contributed by atoms with E-state index in [1.54, 1.807) is 60.7 Å². The van der Waals surface area contributed by atoms with Crippen LogP contribution in [-0.4, -0.2) is 17.0 Å². The first-order valence-electron chi connectivity index (χ1n) is 9.77. The van der Waals surface area contributed by atoms with Gasteiger partial charge in [-0.3, -0.25) is 9.59 Å². The lowest BCUT2D eigenvalue weighted by Crippen LogP contribution is -2.17. The van der Waals surface area contributed by atoms with Gasteiger partial charge in [-0.15, -0.1) is 0 Å². The summed E-state index contributed by atoms with van der Waals surface area (Å²) >= 11 is 0. The van der Waals surface area contributed by atoms with Crippen molar-refractivity contribution in [3.63, 3.8) is 0 Å². The van der Waals surface area contributed by atoms with Crippen molar-refractivity contribution in [3.8, 4) is 22.4 Å². The molecule has 4 rings (SSSR count). The van der Waals surface area contributed by atoms with E-state index in [0.717, 1.165) is 0 Å². The Morgan fingerprint density at radius 2 is 1.24 bits per heavy atom. The molecule has 0 unspecified atom stereocenters. The highest BCUT2D eigenvalue weighted by Crippen LogP contribution is 2.30. The fourth-order valence-electron chi connectivity index (χ4n) is 3.32. The number of hydrogen-bond acceptors (Lipinski definition) is 3. The zero-order valence-electron chi connectivity index (χ0n) is 17.1. The number of ketones is 1. The molecule has 0 radical (unpaired) electrons. The molecule has 0 aliphatic rings. The monoisotopic (exact) mass is 468 g/mol. The minimum atomic E-state index is -2.34. The Morgan fingerprint density at radius 1 is 0.735 bits per heavy atom. The van der Waals surface area contributed by atoms with Crippen LogP contribution in [0, 0.1) is 29.1 Å². The second-order valence-corrected chi connectivity index (χ2v) is 7.07. The summed E-state index contributed by atoms with van der Waals surface area (Å²) in [4.78, 5) is 31.8. The number of hydrogen-bond donors (Lipinski definition) is 1. The Morgan fingerprint density at radius 3 is 1.79 bits per heavy atom. The van der Waals surface area contributed by atoms with Crippen LogP contribution < -0.4 is 5.56 Å². The van der Waals surface area contributed by atoms with Crippen molar-refractivity contribution in [2.24, 2.45) is 4.99 Å². The van der Waals surface area contributed by atoms with Crippen molar-refractivity contribution < 1.29 is 26.7 Å². The highest BCUT2D eigenvalue weighted by Gasteiger charge is 2.26. The van der Waals surface area contributed by atoms with Gasteiger partial charge in [0.05, 0.1) is 11.8 Å². The third kappa shape index (κ3) is 4.15. The van der Waals surface area contributed by atoms with Gasteiger partial charge in [-0.25, -0.2) is 26.9 Å². The van der Waals surface area contributed by atoms with Crippen molar-refractivity contribution in [2.45, 2.75) is 0 Å². The number of Topliss-reactive ketones (excluding diaryl/α,β-unsaturated/α-hetero) is 1. The lowest BCUT2D eigenvalue weighted by Gasteiger charge is -2.10. The van der Waals surface area contributed by atoms with Crippen molar-refractivity contribution in [2.75, 3.05) is 0 Å². The van der Waals surface area contributed by atoms with Gasteiger partial charge in [-0.2, -0.15) is 0 Å². The SMILES string of the molecule is O=C(C=Nc1c(F)c(F)c(F)c(F)c1F)c1cc(-c2ccccc2)[nH]c(=O)c1-c1ccccc1. The standard InChI is InChI=1S/C25H13F5N2O2/c26-19-20(27)22(29)24(23(30)21(19)28)31-12-17(33)15-11-16(13-7-3-1-4-8-13)32-25(34)18(15)14-9-5-2-6-10-14/h1-12H,(H,32,34). The van der Waals surface area contributed by atoms with Crippen LogP contribution in [0.4, 0.5) is 27.6 Å². The molecule has 0 fully saturated rings. The molecular formula is C25H13F5N2O2. The molecule has 0 saturated carbocycles. The quantitative estimate of drug-likeness (QED) is 0.129. The molecule has 3 aromatic carbocycles. The van der Waals surface area contributed by atoms with E-state index in [9.17, 15) is 31.5 Å². The minimum Gasteiger partial charge on any atom is -0.321 e. The molecular weight excluding hydrogens is 455 g/mol. The van der Waals surface area contributed by atoms with Crippen LogP contribution in [0.5, 0.6) is 0 Å². The summed E-state index contributed by atoms with van der Waals surface area (Å²) in [5.74, 6) is -12.1. The van der Waals surface area contributed by atoms with Crippen LogP contribution in [0.1, 0.15) is 10.4 Å². The number of nitrogens with one attached hydrogen (secondary N) is 1. The van der Waals surface area contributed by atoms with Gasteiger partial charge in [-0.05, 0) is 17.2 Å². The number of carbonyl (C=O) groups excluding carboxylic acids is 1. The van der Waals surface area contributed by atoms with Crippen molar-refractivity contribution >= 4 is 17.7 Å². The fraction of sp³-hybridized carbons (Fsp3) is 0. The predicted molar refractivity (Wildman–Crippen MR) is 117 cm³/mol. The number of pyridine rings is 1. The second kappa shape index (κ2) is 9.22. The summed E-state index contributed by atoms with van der Waals surface area (Å²) < 4.78 is 68.1. The summed E-state index contributed by atoms with van der Waals surface area (Å²) in [7, 11) is 0. The van der Waals surface area contributed by atoms with E-state index in [2.05, 4.69) is 9.98 Å². The average Bonchev–Trinajstić information content (AvgIpc) is 2.86. The number of rotatable bonds is 5. The highest BCUT2D eigenvalue weighted by molar-refractivity contribution is 6.37. The maximum absolute atomic E-state index is 13.9. The lowest BCUT2D eigenvalue weighted by molar-refractivity contribution is 0.107. The third-order valence-corrected chi connectivity index (χ3v) is 4.94. The van der Waals surface area contributed by atoms with E-state index in [1.165, 1.54) is 6.07 Å². The van der Waals surface area contributed by atoms with Crippen LogP contribution in [0.3, 0.4) is 0 Å². The Labute approximate surface area is 189 Å². The zero-order chi connectivity index (χ0) is 24.4. The topological polar surface area (TPSA) is 62.3 Å². The molecule has 4 nitrogen and oxygen atoms in total. The van der Waals surface area contributed by atoms with Gasteiger partial charge in [0, 0.05) is 11.3 Å². The van der Waals surface area contributed by atoms with Gasteiger partial charge in [0.2, 0.25) is 11.6 Å². The smallest absolute Gasteiger partial charge is 0.257 e. The average molecular weight is 468 g/mol. The summed E-state index contributed by atoms with van der Waals surface area (Å²) in [5, 5.41) is 0. The van der Waals surface area contributed by atoms with Crippen LogP contribution in [-0.2, 0) is 0 Å². The fourth-order valence-corrected chi connectivity index (χ4v) is 3.32. The second-order valence-electron chi connectivity index (χ2n) is 7.07. The normalized spacial score (nSPS) is 11.2. The first-order valence-corrected chi connectivity index (χ1v) is 9.77. The van der Waals surface area contributed by atoms with Gasteiger partial charge >= 0.3 is 0 Å². The number of carbonyl (C=O) groups is 1. The largest absolute Gasteiger partial charge is 0.321 e. The van der Waals surface area contributed by atoms with Gasteiger partial charge < -0.3 is 4.98 Å². The molecule has 0 bridgehead atoms. The van der Waals surface area contributed by atoms with Crippen LogP contribution in [0.2, 0.25) is 0 Å². The highest BCUT2D eigenvalue weighted by atomic mass is 19.2. The van der Waals surface area contributed by atoms with Crippen molar-refractivity contribution in [3.05, 3.63) is 112 Å². The summed E-state index contributed by atoms with van der Waals surface area (Å²) in [6.07, 6.45) is 0.411. The van der Waals surface area contributed by atoms with E-state index in [-0.39, 0.29) is 16.8 Å². The molecule has 1 aromatic heterocycles. The molecule has 0 spiro atoms. The molecule has 34 heavy (non-hydrogen) atoms. The Hall–Kier alpha value is -4.40. The molecule has 1 heterocycles. The zero-order valence-corrected chi connectivity index (χ0v) is 17.1. The predicted octanol–water partition coefficient (Wildman–Crippen LogP) is 5.99. The number of aliphatic imine (C=N–C) groups is 1. The number of benzene rings is 3. The van der Waals surface area contributed by atoms with Crippen LogP contribution in [0.25, 0.3) is 22.4 Å². The van der Waals surface area contributed by atoms with E-state index >= 15 is 0 Å². The Balaban J connectivity index is 1.87. The Kier molecular flexibility index (Phi) is 6.18. The molecule has 0 aliphatic heterocycles. The molecule has 9 heteroatoms. The number of H-pyrrole nitrogens is 1. The summed E-state index contributed by atoms with van der Waals surface area (Å²) in [6, 6.07) is 18.0. The first kappa shape index (κ1) is 22.8. The minimum absolute atomic E-state index is 0.0471. The number of aromatic amines is 1. The molecule has 0 atom stereocenters. The molecule has 0 amide bonds. The van der Waals surface area contributed by atoms with Gasteiger partial charge in [0.1, 0.15) is 5.69 Å². The summed E-state index contributed by atoms with van der Waals surface area (Å²) in [5.41, 5.74) is -1.14. The summed E-state index contributed by atoms with van der Waals surface area (Å²) in [6.45, 7) is 0. The lowest BCUT2D eigenvalue weighted by atomic mass is 9.97. The molecule has 0 saturated heterocycles. The van der Waals surface area contributed by atoms with E-state index in [4.69, 9.17) is 0 Å². The molecule has 170 valence electrons. The molecule has 1 N–H and O–H groups in total. The van der Waals surface area contributed by atoms with Crippen LogP contribution in [0.15, 0.2) is 76.5 Å². The van der Waals surface area contributed by atoms with Crippen LogP contribution >= 0.6 is 0 Å². The van der Waals surface area contributed by atoms with E-state index in [1.807, 2.05) is 0 Å². The van der Waals surface area contributed by atoms with Gasteiger partial charge in [0.25, 0.3) is 5.56 Å². The number of nitrogens with zero attached hydrogens (tertiary/aromatic N) is 1. The maximum atomic E-state index is 13.9. The van der Waals surface area contributed by atoms with E-state index in [0.29, 0.717) is 17.3 Å². The van der Waals surface area contributed by atoms with Gasteiger partial charge in [0.15, 0.2) is 23.3 Å². The molecule has 4 aromatic rings. The Bertz CT molecular complexity index is 1450. The maximum Gasteiger partial charge on any atom is 0.257 e.